The van der Waals surface area contributed by atoms with Crippen molar-refractivity contribution in [2.45, 2.75) is 32.6 Å². The summed E-state index contributed by atoms with van der Waals surface area (Å²) < 4.78 is 23.6. The van der Waals surface area contributed by atoms with Gasteiger partial charge in [0.2, 0.25) is 0 Å². The molecule has 37 heavy (non-hydrogen) atoms. The van der Waals surface area contributed by atoms with Crippen molar-refractivity contribution >= 4 is 5.97 Å². The van der Waals surface area contributed by atoms with E-state index in [4.69, 9.17) is 18.9 Å². The second-order valence-corrected chi connectivity index (χ2v) is 9.50. The fourth-order valence-electron chi connectivity index (χ4n) is 5.44. The van der Waals surface area contributed by atoms with E-state index < -0.39 is 0 Å². The molecule has 0 saturated carbocycles. The van der Waals surface area contributed by atoms with Gasteiger partial charge in [0.1, 0.15) is 17.2 Å². The summed E-state index contributed by atoms with van der Waals surface area (Å²) in [5, 5.41) is 0. The van der Waals surface area contributed by atoms with E-state index in [1.165, 1.54) is 18.1 Å². The smallest absolute Gasteiger partial charge is 0.308 e. The van der Waals surface area contributed by atoms with Crippen LogP contribution >= 0.6 is 0 Å². The summed E-state index contributed by atoms with van der Waals surface area (Å²) in [7, 11) is 3.34. The molecule has 1 aliphatic carbocycles. The Morgan fingerprint density at radius 3 is 2.22 bits per heavy atom. The molecule has 186 valence electrons. The van der Waals surface area contributed by atoms with Crippen LogP contribution in [0.25, 0.3) is 22.3 Å². The van der Waals surface area contributed by atoms with Crippen LogP contribution in [0.5, 0.6) is 28.7 Å². The summed E-state index contributed by atoms with van der Waals surface area (Å²) in [6.45, 7) is 1.44. The number of aryl methyl sites for hydroxylation is 4. The molecule has 0 spiro atoms. The Balaban J connectivity index is 1.68. The zero-order valence-electron chi connectivity index (χ0n) is 21.2. The molecule has 5 nitrogen and oxygen atoms in total. The molecule has 0 amide bonds. The summed E-state index contributed by atoms with van der Waals surface area (Å²) in [6, 6.07) is 22.6. The van der Waals surface area contributed by atoms with Crippen LogP contribution < -0.4 is 18.9 Å². The maximum absolute atomic E-state index is 12.1. The molecule has 0 radical (unpaired) electrons. The van der Waals surface area contributed by atoms with E-state index in [1.807, 2.05) is 30.3 Å². The lowest BCUT2D eigenvalue weighted by Crippen LogP contribution is -2.10. The Hall–Kier alpha value is -4.25. The first-order valence-electron chi connectivity index (χ1n) is 12.5. The van der Waals surface area contributed by atoms with Gasteiger partial charge >= 0.3 is 5.97 Å². The summed E-state index contributed by atoms with van der Waals surface area (Å²) >= 11 is 0. The Bertz CT molecular complexity index is 1520. The van der Waals surface area contributed by atoms with Crippen LogP contribution in [-0.4, -0.2) is 20.2 Å². The van der Waals surface area contributed by atoms with Gasteiger partial charge in [-0.15, -0.1) is 0 Å². The van der Waals surface area contributed by atoms with Crippen LogP contribution in [0.15, 0.2) is 66.7 Å². The van der Waals surface area contributed by atoms with Gasteiger partial charge in [-0.1, -0.05) is 24.3 Å². The molecule has 0 aromatic heterocycles. The third kappa shape index (κ3) is 4.20. The van der Waals surface area contributed by atoms with Gasteiger partial charge < -0.3 is 18.9 Å². The molecule has 0 saturated heterocycles. The topological polar surface area (TPSA) is 54.0 Å². The standard InChI is InChI=1S/C32H28O5/c1-19(33)36-30-17-23-9-8-21-10-15-29(35-3)32-31(21)27(23)18-28(30)26-14-13-25(34-2)16-22(26)7-4-20-5-11-24(37-32)12-6-20/h5-6,10-18H,4,7-9H2,1-3H3. The van der Waals surface area contributed by atoms with Crippen molar-refractivity contribution in [1.82, 2.24) is 0 Å². The zero-order chi connectivity index (χ0) is 25.5. The minimum absolute atomic E-state index is 0.341. The van der Waals surface area contributed by atoms with Crippen LogP contribution in [0.2, 0.25) is 0 Å². The molecule has 4 bridgehead atoms. The Labute approximate surface area is 216 Å². The SMILES string of the molecule is COc1ccc2c(c1)CCc1ccc(cc1)Oc1c(OC)ccc3c1-c1cc-2c(OC(C)=O)cc1CC3. The lowest BCUT2D eigenvalue weighted by molar-refractivity contribution is -0.131. The third-order valence-corrected chi connectivity index (χ3v) is 7.25. The van der Waals surface area contributed by atoms with Crippen molar-refractivity contribution < 1.29 is 23.7 Å². The lowest BCUT2D eigenvalue weighted by atomic mass is 9.82. The number of rotatable bonds is 3. The van der Waals surface area contributed by atoms with E-state index in [0.717, 1.165) is 70.6 Å². The molecule has 5 heteroatoms. The summed E-state index contributed by atoms with van der Waals surface area (Å²) in [4.78, 5) is 12.1. The number of ether oxygens (including phenoxy) is 4. The quantitative estimate of drug-likeness (QED) is 0.229. The molecule has 4 aromatic rings. The number of methoxy groups -OCH3 is 2. The van der Waals surface area contributed by atoms with Crippen molar-refractivity contribution in [1.29, 1.82) is 0 Å². The van der Waals surface area contributed by atoms with Gasteiger partial charge in [0.15, 0.2) is 11.5 Å². The zero-order valence-corrected chi connectivity index (χ0v) is 21.2. The largest absolute Gasteiger partial charge is 0.497 e. The molecule has 4 aromatic carbocycles. The highest BCUT2D eigenvalue weighted by Gasteiger charge is 2.27. The second-order valence-electron chi connectivity index (χ2n) is 9.50. The van der Waals surface area contributed by atoms with Crippen LogP contribution in [0.1, 0.15) is 29.2 Å². The normalized spacial score (nSPS) is 13.2. The van der Waals surface area contributed by atoms with Crippen molar-refractivity contribution in [3.05, 3.63) is 89.0 Å². The van der Waals surface area contributed by atoms with E-state index in [9.17, 15) is 4.79 Å². The Kier molecular flexibility index (Phi) is 5.84. The maximum Gasteiger partial charge on any atom is 0.308 e. The summed E-state index contributed by atoms with van der Waals surface area (Å²) in [5.74, 6) is 3.17. The van der Waals surface area contributed by atoms with E-state index >= 15 is 0 Å². The highest BCUT2D eigenvalue weighted by Crippen LogP contribution is 2.50. The van der Waals surface area contributed by atoms with Crippen molar-refractivity contribution in [2.24, 2.45) is 0 Å². The van der Waals surface area contributed by atoms with Crippen LogP contribution in [-0.2, 0) is 30.5 Å². The first-order valence-corrected chi connectivity index (χ1v) is 12.5. The highest BCUT2D eigenvalue weighted by molar-refractivity contribution is 5.88. The minimum atomic E-state index is -0.341. The summed E-state index contributed by atoms with van der Waals surface area (Å²) in [6.07, 6.45) is 3.35. The molecule has 2 aliphatic heterocycles. The van der Waals surface area contributed by atoms with Crippen molar-refractivity contribution in [3.8, 4) is 51.0 Å². The maximum atomic E-state index is 12.1. The van der Waals surface area contributed by atoms with Crippen LogP contribution in [0.3, 0.4) is 0 Å². The first kappa shape index (κ1) is 23.2. The van der Waals surface area contributed by atoms with Gasteiger partial charge in [-0.25, -0.2) is 0 Å². The number of carbonyl (C=O) groups is 1. The lowest BCUT2D eigenvalue weighted by Gasteiger charge is -2.26. The van der Waals surface area contributed by atoms with E-state index in [1.54, 1.807) is 14.2 Å². The monoisotopic (exact) mass is 492 g/mol. The van der Waals surface area contributed by atoms with Gasteiger partial charge in [-0.3, -0.25) is 4.79 Å². The fraction of sp³-hybridized carbons (Fsp3) is 0.219. The van der Waals surface area contributed by atoms with Gasteiger partial charge in [-0.2, -0.15) is 0 Å². The molecule has 0 atom stereocenters. The van der Waals surface area contributed by atoms with Gasteiger partial charge in [0.25, 0.3) is 0 Å². The molecular formula is C32H28O5. The van der Waals surface area contributed by atoms with Gasteiger partial charge in [-0.05, 0) is 102 Å². The number of fused-ring (bicyclic) bond motifs is 3. The number of hydrogen-bond donors (Lipinski definition) is 0. The predicted octanol–water partition coefficient (Wildman–Crippen LogP) is 6.95. The number of hydrogen-bond acceptors (Lipinski definition) is 5. The predicted molar refractivity (Wildman–Crippen MR) is 143 cm³/mol. The fourth-order valence-corrected chi connectivity index (χ4v) is 5.44. The van der Waals surface area contributed by atoms with Crippen LogP contribution in [0.4, 0.5) is 0 Å². The first-order chi connectivity index (χ1) is 18.0. The molecule has 0 fully saturated rings. The van der Waals surface area contributed by atoms with Crippen molar-refractivity contribution in [3.63, 3.8) is 0 Å². The number of carbonyl (C=O) groups excluding carboxylic acids is 1. The second kappa shape index (κ2) is 9.32. The Morgan fingerprint density at radius 2 is 1.46 bits per heavy atom. The Morgan fingerprint density at radius 1 is 0.703 bits per heavy atom. The minimum Gasteiger partial charge on any atom is -0.497 e. The number of esters is 1. The van der Waals surface area contributed by atoms with E-state index in [0.29, 0.717) is 17.2 Å². The highest BCUT2D eigenvalue weighted by atomic mass is 16.5. The van der Waals surface area contributed by atoms with Crippen LogP contribution in [0, 0.1) is 0 Å². The molecular weight excluding hydrogens is 464 g/mol. The average Bonchev–Trinajstić information content (AvgIpc) is 2.91. The number of benzene rings is 4. The molecule has 0 unspecified atom stereocenters. The van der Waals surface area contributed by atoms with E-state index in [-0.39, 0.29) is 5.97 Å². The average molecular weight is 493 g/mol. The van der Waals surface area contributed by atoms with E-state index in [2.05, 4.69) is 36.4 Å². The third-order valence-electron chi connectivity index (χ3n) is 7.25. The molecule has 7 rings (SSSR count). The molecule has 2 heterocycles. The summed E-state index contributed by atoms with van der Waals surface area (Å²) in [5.41, 5.74) is 8.63. The van der Waals surface area contributed by atoms with Gasteiger partial charge in [0, 0.05) is 18.1 Å². The van der Waals surface area contributed by atoms with Crippen molar-refractivity contribution in [2.75, 3.05) is 14.2 Å². The molecule has 3 aliphatic rings. The van der Waals surface area contributed by atoms with Gasteiger partial charge in [0.05, 0.1) is 14.2 Å². The molecule has 0 N–H and O–H groups in total.